The highest BCUT2D eigenvalue weighted by atomic mass is 16.5. The largest absolute Gasteiger partial charge is 0.393 e. The molecule has 1 aliphatic carbocycles. The normalized spacial score (nSPS) is 25.1. The molecule has 0 saturated heterocycles. The lowest BCUT2D eigenvalue weighted by atomic mass is 9.95. The zero-order chi connectivity index (χ0) is 10.2. The van der Waals surface area contributed by atoms with E-state index in [1.165, 1.54) is 16.7 Å². The number of benzene rings is 1. The molecule has 0 aromatic heterocycles. The van der Waals surface area contributed by atoms with Gasteiger partial charge in [0.1, 0.15) is 5.60 Å². The first-order valence-corrected chi connectivity index (χ1v) is 4.98. The third kappa shape index (κ3) is 1.18. The maximum absolute atomic E-state index is 9.43. The molecular weight excluding hydrogens is 176 g/mol. The molecule has 0 saturated carbocycles. The molecule has 2 nitrogen and oxygen atoms in total. The SMILES string of the molecule is COC1(CO)CCc2c(C)cccc21. The summed E-state index contributed by atoms with van der Waals surface area (Å²) in [4.78, 5) is 0. The van der Waals surface area contributed by atoms with Crippen molar-refractivity contribution in [2.45, 2.75) is 25.4 Å². The molecule has 1 N–H and O–H groups in total. The van der Waals surface area contributed by atoms with Gasteiger partial charge in [-0.05, 0) is 36.5 Å². The topological polar surface area (TPSA) is 29.5 Å². The Morgan fingerprint density at radius 1 is 1.50 bits per heavy atom. The first-order valence-electron chi connectivity index (χ1n) is 4.98. The summed E-state index contributed by atoms with van der Waals surface area (Å²) in [5, 5.41) is 9.43. The van der Waals surface area contributed by atoms with E-state index in [1.807, 2.05) is 6.07 Å². The number of hydrogen-bond acceptors (Lipinski definition) is 2. The van der Waals surface area contributed by atoms with Crippen LogP contribution in [0, 0.1) is 6.92 Å². The quantitative estimate of drug-likeness (QED) is 0.774. The number of fused-ring (bicyclic) bond motifs is 1. The summed E-state index contributed by atoms with van der Waals surface area (Å²) in [6, 6.07) is 6.21. The molecule has 1 atom stereocenters. The van der Waals surface area contributed by atoms with E-state index in [9.17, 15) is 5.11 Å². The minimum Gasteiger partial charge on any atom is -0.393 e. The van der Waals surface area contributed by atoms with Gasteiger partial charge in [0.2, 0.25) is 0 Å². The summed E-state index contributed by atoms with van der Waals surface area (Å²) in [5.41, 5.74) is 3.38. The van der Waals surface area contributed by atoms with Crippen molar-refractivity contribution in [3.8, 4) is 0 Å². The van der Waals surface area contributed by atoms with Gasteiger partial charge in [0.05, 0.1) is 6.61 Å². The predicted molar refractivity (Wildman–Crippen MR) is 55.3 cm³/mol. The van der Waals surface area contributed by atoms with Gasteiger partial charge >= 0.3 is 0 Å². The number of aliphatic hydroxyl groups excluding tert-OH is 1. The maximum atomic E-state index is 9.43. The van der Waals surface area contributed by atoms with Gasteiger partial charge in [0.25, 0.3) is 0 Å². The lowest BCUT2D eigenvalue weighted by Gasteiger charge is -2.26. The van der Waals surface area contributed by atoms with Gasteiger partial charge in [0, 0.05) is 7.11 Å². The molecule has 14 heavy (non-hydrogen) atoms. The second-order valence-electron chi connectivity index (χ2n) is 3.96. The van der Waals surface area contributed by atoms with Gasteiger partial charge in [-0.1, -0.05) is 18.2 Å². The van der Waals surface area contributed by atoms with Crippen LogP contribution in [0.15, 0.2) is 18.2 Å². The molecule has 0 bridgehead atoms. The number of rotatable bonds is 2. The van der Waals surface area contributed by atoms with Crippen molar-refractivity contribution < 1.29 is 9.84 Å². The van der Waals surface area contributed by atoms with Gasteiger partial charge in [-0.25, -0.2) is 0 Å². The van der Waals surface area contributed by atoms with Gasteiger partial charge in [-0.3, -0.25) is 0 Å². The Morgan fingerprint density at radius 3 is 2.93 bits per heavy atom. The molecule has 1 aromatic carbocycles. The molecule has 0 spiro atoms. The Kier molecular flexibility index (Phi) is 2.33. The van der Waals surface area contributed by atoms with Gasteiger partial charge in [0.15, 0.2) is 0 Å². The smallest absolute Gasteiger partial charge is 0.116 e. The molecule has 2 heteroatoms. The van der Waals surface area contributed by atoms with Crippen LogP contribution >= 0.6 is 0 Å². The number of hydrogen-bond donors (Lipinski definition) is 1. The van der Waals surface area contributed by atoms with E-state index in [1.54, 1.807) is 7.11 Å². The fourth-order valence-corrected chi connectivity index (χ4v) is 2.36. The van der Waals surface area contributed by atoms with Gasteiger partial charge in [-0.15, -0.1) is 0 Å². The van der Waals surface area contributed by atoms with Crippen molar-refractivity contribution in [2.24, 2.45) is 0 Å². The summed E-state index contributed by atoms with van der Waals surface area (Å²) in [7, 11) is 1.67. The number of methoxy groups -OCH3 is 1. The summed E-state index contributed by atoms with van der Waals surface area (Å²) in [5.74, 6) is 0. The van der Waals surface area contributed by atoms with E-state index in [0.29, 0.717) is 0 Å². The fraction of sp³-hybridized carbons (Fsp3) is 0.500. The van der Waals surface area contributed by atoms with Crippen molar-refractivity contribution in [1.29, 1.82) is 0 Å². The molecule has 0 fully saturated rings. The van der Waals surface area contributed by atoms with Crippen LogP contribution in [-0.2, 0) is 16.8 Å². The number of aliphatic hydroxyl groups is 1. The van der Waals surface area contributed by atoms with E-state index in [-0.39, 0.29) is 6.61 Å². The summed E-state index contributed by atoms with van der Waals surface area (Å²) >= 11 is 0. The summed E-state index contributed by atoms with van der Waals surface area (Å²) < 4.78 is 5.48. The maximum Gasteiger partial charge on any atom is 0.116 e. The van der Waals surface area contributed by atoms with Crippen LogP contribution in [0.2, 0.25) is 0 Å². The Labute approximate surface area is 84.5 Å². The van der Waals surface area contributed by atoms with Crippen molar-refractivity contribution in [3.05, 3.63) is 34.9 Å². The third-order valence-electron chi connectivity index (χ3n) is 3.33. The molecule has 0 heterocycles. The summed E-state index contributed by atoms with van der Waals surface area (Å²) in [6.07, 6.45) is 1.90. The van der Waals surface area contributed by atoms with Crippen LogP contribution in [-0.4, -0.2) is 18.8 Å². The van der Waals surface area contributed by atoms with Gasteiger partial charge < -0.3 is 9.84 Å². The first kappa shape index (κ1) is 9.69. The Hall–Kier alpha value is -0.860. The minimum atomic E-state index is -0.443. The molecule has 1 unspecified atom stereocenters. The molecule has 1 aromatic rings. The predicted octanol–water partition coefficient (Wildman–Crippen LogP) is 1.78. The summed E-state index contributed by atoms with van der Waals surface area (Å²) in [6.45, 7) is 2.18. The Balaban J connectivity index is 2.53. The van der Waals surface area contributed by atoms with Crippen LogP contribution in [0.5, 0.6) is 0 Å². The van der Waals surface area contributed by atoms with Crippen molar-refractivity contribution >= 4 is 0 Å². The molecule has 2 rings (SSSR count). The average molecular weight is 192 g/mol. The lowest BCUT2D eigenvalue weighted by molar-refractivity contribution is -0.0554. The highest BCUT2D eigenvalue weighted by molar-refractivity contribution is 5.42. The monoisotopic (exact) mass is 192 g/mol. The second kappa shape index (κ2) is 3.37. The Morgan fingerprint density at radius 2 is 2.29 bits per heavy atom. The van der Waals surface area contributed by atoms with Crippen molar-refractivity contribution in [2.75, 3.05) is 13.7 Å². The minimum absolute atomic E-state index is 0.0694. The van der Waals surface area contributed by atoms with Crippen LogP contribution in [0.25, 0.3) is 0 Å². The van der Waals surface area contributed by atoms with Crippen LogP contribution in [0.4, 0.5) is 0 Å². The van der Waals surface area contributed by atoms with E-state index in [4.69, 9.17) is 4.74 Å². The van der Waals surface area contributed by atoms with Crippen LogP contribution in [0.1, 0.15) is 23.1 Å². The molecule has 1 aliphatic rings. The molecule has 76 valence electrons. The van der Waals surface area contributed by atoms with E-state index < -0.39 is 5.60 Å². The number of aryl methyl sites for hydroxylation is 1. The Bertz CT molecular complexity index is 340. The standard InChI is InChI=1S/C12H16O2/c1-9-4-3-5-11-10(9)6-7-12(11,8-13)14-2/h3-5,13H,6-8H2,1-2H3. The average Bonchev–Trinajstić information content (AvgIpc) is 2.59. The van der Waals surface area contributed by atoms with Crippen molar-refractivity contribution in [3.63, 3.8) is 0 Å². The lowest BCUT2D eigenvalue weighted by Crippen LogP contribution is -2.29. The van der Waals surface area contributed by atoms with Gasteiger partial charge in [-0.2, -0.15) is 0 Å². The second-order valence-corrected chi connectivity index (χ2v) is 3.96. The molecule has 0 amide bonds. The zero-order valence-corrected chi connectivity index (χ0v) is 8.71. The third-order valence-corrected chi connectivity index (χ3v) is 3.33. The van der Waals surface area contributed by atoms with E-state index in [0.717, 1.165) is 12.8 Å². The molecule has 0 radical (unpaired) electrons. The zero-order valence-electron chi connectivity index (χ0n) is 8.71. The first-order chi connectivity index (χ1) is 6.73. The number of ether oxygens (including phenoxy) is 1. The fourth-order valence-electron chi connectivity index (χ4n) is 2.36. The van der Waals surface area contributed by atoms with E-state index in [2.05, 4.69) is 19.1 Å². The molecule has 0 aliphatic heterocycles. The highest BCUT2D eigenvalue weighted by Crippen LogP contribution is 2.40. The van der Waals surface area contributed by atoms with Crippen LogP contribution < -0.4 is 0 Å². The van der Waals surface area contributed by atoms with Crippen LogP contribution in [0.3, 0.4) is 0 Å². The van der Waals surface area contributed by atoms with Crippen molar-refractivity contribution in [1.82, 2.24) is 0 Å². The highest BCUT2D eigenvalue weighted by Gasteiger charge is 2.38. The van der Waals surface area contributed by atoms with E-state index >= 15 is 0 Å². The molecular formula is C12H16O2.